The van der Waals surface area contributed by atoms with Crippen molar-refractivity contribution in [2.75, 3.05) is 18.9 Å². The van der Waals surface area contributed by atoms with Crippen LogP contribution in [-0.2, 0) is 10.0 Å². The highest BCUT2D eigenvalue weighted by Crippen LogP contribution is 2.30. The van der Waals surface area contributed by atoms with Crippen LogP contribution in [0.4, 0.5) is 11.4 Å². The molecule has 1 aromatic rings. The molecule has 7 nitrogen and oxygen atoms in total. The summed E-state index contributed by atoms with van der Waals surface area (Å²) < 4.78 is 25.7. The molecule has 0 heterocycles. The van der Waals surface area contributed by atoms with Crippen molar-refractivity contribution in [3.8, 4) is 0 Å². The zero-order valence-corrected chi connectivity index (χ0v) is 11.9. The van der Waals surface area contributed by atoms with Crippen LogP contribution in [0.5, 0.6) is 0 Å². The van der Waals surface area contributed by atoms with Gasteiger partial charge in [-0.25, -0.2) is 13.1 Å². The van der Waals surface area contributed by atoms with Gasteiger partial charge in [0.15, 0.2) is 0 Å². The lowest BCUT2D eigenvalue weighted by Crippen LogP contribution is -2.20. The van der Waals surface area contributed by atoms with Gasteiger partial charge in [0.2, 0.25) is 10.0 Å². The van der Waals surface area contributed by atoms with Gasteiger partial charge in [0.05, 0.1) is 9.82 Å². The van der Waals surface area contributed by atoms with E-state index in [0.717, 1.165) is 12.5 Å². The Labute approximate surface area is 112 Å². The molecule has 1 rings (SSSR count). The van der Waals surface area contributed by atoms with Crippen molar-refractivity contribution in [3.63, 3.8) is 0 Å². The number of nitro groups is 1. The van der Waals surface area contributed by atoms with E-state index in [1.807, 2.05) is 6.92 Å². The Morgan fingerprint density at radius 3 is 2.47 bits per heavy atom. The second-order valence-electron chi connectivity index (χ2n) is 4.03. The predicted octanol–water partition coefficient (Wildman–Crippen LogP) is 1.63. The smallest absolute Gasteiger partial charge is 0.293 e. The minimum atomic E-state index is -3.70. The maximum absolute atomic E-state index is 11.8. The minimum Gasteiger partial charge on any atom is -0.379 e. The molecule has 19 heavy (non-hydrogen) atoms. The Hall–Kier alpha value is -1.67. The summed E-state index contributed by atoms with van der Waals surface area (Å²) in [6.07, 6.45) is 0.812. The first-order chi connectivity index (χ1) is 8.83. The fraction of sp³-hybridized carbons (Fsp3) is 0.455. The average molecular weight is 287 g/mol. The number of sulfonamides is 1. The summed E-state index contributed by atoms with van der Waals surface area (Å²) in [6, 6.07) is 2.57. The van der Waals surface area contributed by atoms with Crippen molar-refractivity contribution in [2.24, 2.45) is 0 Å². The van der Waals surface area contributed by atoms with E-state index in [1.165, 1.54) is 13.1 Å². The van der Waals surface area contributed by atoms with E-state index >= 15 is 0 Å². The first kappa shape index (κ1) is 15.4. The number of benzene rings is 1. The van der Waals surface area contributed by atoms with E-state index in [-0.39, 0.29) is 10.6 Å². The van der Waals surface area contributed by atoms with E-state index in [0.29, 0.717) is 17.8 Å². The van der Waals surface area contributed by atoms with Crippen LogP contribution in [-0.4, -0.2) is 26.9 Å². The van der Waals surface area contributed by atoms with E-state index in [1.54, 1.807) is 6.92 Å². The Balaban J connectivity index is 3.41. The van der Waals surface area contributed by atoms with Gasteiger partial charge in [-0.1, -0.05) is 6.92 Å². The molecule has 0 aromatic heterocycles. The summed E-state index contributed by atoms with van der Waals surface area (Å²) >= 11 is 0. The van der Waals surface area contributed by atoms with Crippen LogP contribution in [0.2, 0.25) is 0 Å². The molecule has 0 spiro atoms. The molecule has 106 valence electrons. The van der Waals surface area contributed by atoms with Gasteiger partial charge in [-0.2, -0.15) is 0 Å². The summed E-state index contributed by atoms with van der Waals surface area (Å²) in [7, 11) is -2.44. The molecular weight excluding hydrogens is 270 g/mol. The van der Waals surface area contributed by atoms with Gasteiger partial charge in [-0.05, 0) is 32.0 Å². The lowest BCUT2D eigenvalue weighted by Gasteiger charge is -2.11. The largest absolute Gasteiger partial charge is 0.379 e. The van der Waals surface area contributed by atoms with Gasteiger partial charge in [0.25, 0.3) is 5.69 Å². The molecule has 0 aliphatic heterocycles. The third-order valence-corrected chi connectivity index (χ3v) is 4.17. The van der Waals surface area contributed by atoms with Crippen molar-refractivity contribution in [3.05, 3.63) is 27.8 Å². The maximum atomic E-state index is 11.8. The molecule has 0 fully saturated rings. The van der Waals surface area contributed by atoms with Crippen molar-refractivity contribution >= 4 is 21.4 Å². The van der Waals surface area contributed by atoms with Gasteiger partial charge in [-0.15, -0.1) is 0 Å². The lowest BCUT2D eigenvalue weighted by molar-refractivity contribution is -0.384. The third-order valence-electron chi connectivity index (χ3n) is 2.61. The van der Waals surface area contributed by atoms with Crippen LogP contribution in [0.25, 0.3) is 0 Å². The molecule has 2 N–H and O–H groups in total. The molecule has 8 heteroatoms. The van der Waals surface area contributed by atoms with Crippen molar-refractivity contribution < 1.29 is 13.3 Å². The number of hydrogen-bond donors (Lipinski definition) is 2. The highest BCUT2D eigenvalue weighted by molar-refractivity contribution is 7.89. The Bertz CT molecular complexity index is 584. The molecule has 0 aliphatic rings. The zero-order valence-electron chi connectivity index (χ0n) is 11.1. The summed E-state index contributed by atoms with van der Waals surface area (Å²) in [6.45, 7) is 4.12. The topological polar surface area (TPSA) is 101 Å². The normalized spacial score (nSPS) is 11.3. The molecule has 0 saturated carbocycles. The number of rotatable bonds is 6. The van der Waals surface area contributed by atoms with Crippen LogP contribution in [0.15, 0.2) is 17.0 Å². The van der Waals surface area contributed by atoms with Crippen LogP contribution in [0.1, 0.15) is 18.9 Å². The molecule has 0 radical (unpaired) electrons. The second kappa shape index (κ2) is 5.98. The molecule has 1 aromatic carbocycles. The van der Waals surface area contributed by atoms with Crippen molar-refractivity contribution in [1.82, 2.24) is 4.72 Å². The van der Waals surface area contributed by atoms with E-state index < -0.39 is 14.9 Å². The molecule has 0 amide bonds. The average Bonchev–Trinajstić information content (AvgIpc) is 2.35. The number of hydrogen-bond acceptors (Lipinski definition) is 5. The van der Waals surface area contributed by atoms with Crippen molar-refractivity contribution in [1.29, 1.82) is 0 Å². The SMILES string of the molecule is CCCNc1cc(C)c(S(=O)(=O)NC)cc1[N+](=O)[O-]. The Morgan fingerprint density at radius 2 is 2.00 bits per heavy atom. The Morgan fingerprint density at radius 1 is 1.37 bits per heavy atom. The van der Waals surface area contributed by atoms with Crippen molar-refractivity contribution in [2.45, 2.75) is 25.2 Å². The molecular formula is C11H17N3O4S. The van der Waals surface area contributed by atoms with Gasteiger partial charge in [0, 0.05) is 12.6 Å². The number of nitrogens with one attached hydrogen (secondary N) is 2. The molecule has 0 aliphatic carbocycles. The second-order valence-corrected chi connectivity index (χ2v) is 5.88. The first-order valence-electron chi connectivity index (χ1n) is 5.80. The number of nitro benzene ring substituents is 1. The molecule has 0 atom stereocenters. The van der Waals surface area contributed by atoms with Crippen LogP contribution in [0, 0.1) is 17.0 Å². The van der Waals surface area contributed by atoms with Gasteiger partial charge < -0.3 is 5.32 Å². The highest BCUT2D eigenvalue weighted by Gasteiger charge is 2.22. The van der Waals surface area contributed by atoms with E-state index in [2.05, 4.69) is 10.0 Å². The summed E-state index contributed by atoms with van der Waals surface area (Å²) in [5.74, 6) is 0. The lowest BCUT2D eigenvalue weighted by atomic mass is 10.2. The third kappa shape index (κ3) is 3.42. The zero-order chi connectivity index (χ0) is 14.6. The van der Waals surface area contributed by atoms with Gasteiger partial charge >= 0.3 is 0 Å². The van der Waals surface area contributed by atoms with E-state index in [4.69, 9.17) is 0 Å². The van der Waals surface area contributed by atoms with Gasteiger partial charge in [0.1, 0.15) is 5.69 Å². The van der Waals surface area contributed by atoms with E-state index in [9.17, 15) is 18.5 Å². The molecule has 0 unspecified atom stereocenters. The monoisotopic (exact) mass is 287 g/mol. The summed E-state index contributed by atoms with van der Waals surface area (Å²) in [4.78, 5) is 10.3. The molecule has 0 bridgehead atoms. The summed E-state index contributed by atoms with van der Waals surface area (Å²) in [5.41, 5.74) is 0.547. The number of nitrogens with zero attached hydrogens (tertiary/aromatic N) is 1. The summed E-state index contributed by atoms with van der Waals surface area (Å²) in [5, 5.41) is 13.9. The quantitative estimate of drug-likeness (QED) is 0.611. The minimum absolute atomic E-state index is 0.0799. The number of aryl methyl sites for hydroxylation is 1. The van der Waals surface area contributed by atoms with Crippen LogP contribution < -0.4 is 10.0 Å². The predicted molar refractivity (Wildman–Crippen MR) is 72.9 cm³/mol. The Kier molecular flexibility index (Phi) is 4.84. The maximum Gasteiger partial charge on any atom is 0.293 e. The fourth-order valence-electron chi connectivity index (χ4n) is 1.63. The highest BCUT2D eigenvalue weighted by atomic mass is 32.2. The van der Waals surface area contributed by atoms with Crippen LogP contribution >= 0.6 is 0 Å². The van der Waals surface area contributed by atoms with Gasteiger partial charge in [-0.3, -0.25) is 10.1 Å². The molecule has 0 saturated heterocycles. The first-order valence-corrected chi connectivity index (χ1v) is 7.28. The number of anilines is 1. The standard InChI is InChI=1S/C11H17N3O4S/c1-4-5-13-9-6-8(2)11(19(17,18)12-3)7-10(9)14(15)16/h6-7,12-13H,4-5H2,1-3H3. The fourth-order valence-corrected chi connectivity index (χ4v) is 2.60. The van der Waals surface area contributed by atoms with Crippen LogP contribution in [0.3, 0.4) is 0 Å².